The lowest BCUT2D eigenvalue weighted by Gasteiger charge is -2.39. The highest BCUT2D eigenvalue weighted by Crippen LogP contribution is 2.40. The molecule has 2 N–H and O–H groups in total. The third kappa shape index (κ3) is 5.03. The molecule has 1 saturated heterocycles. The van der Waals surface area contributed by atoms with E-state index in [1.54, 1.807) is 4.90 Å². The molecule has 0 radical (unpaired) electrons. The summed E-state index contributed by atoms with van der Waals surface area (Å²) in [5, 5.41) is 14.6. The van der Waals surface area contributed by atoms with Crippen molar-refractivity contribution in [1.29, 1.82) is 0 Å². The van der Waals surface area contributed by atoms with Crippen LogP contribution in [-0.4, -0.2) is 54.5 Å². The zero-order chi connectivity index (χ0) is 19.1. The van der Waals surface area contributed by atoms with Gasteiger partial charge in [-0.15, -0.1) is 5.92 Å². The van der Waals surface area contributed by atoms with Crippen molar-refractivity contribution in [2.24, 2.45) is 0 Å². The molecule has 0 spiro atoms. The minimum absolute atomic E-state index is 0.206. The third-order valence-corrected chi connectivity index (χ3v) is 5.70. The van der Waals surface area contributed by atoms with Crippen molar-refractivity contribution in [2.45, 2.75) is 50.5 Å². The maximum atomic E-state index is 12.4. The lowest BCUT2D eigenvalue weighted by atomic mass is 9.73. The van der Waals surface area contributed by atoms with Crippen LogP contribution in [0.3, 0.4) is 0 Å². The normalized spacial score (nSPS) is 20.3. The number of aliphatic hydroxyl groups is 1. The smallest absolute Gasteiger partial charge is 0.409 e. The fraction of sp³-hybridized carbons (Fsp3) is 0.591. The Labute approximate surface area is 162 Å². The number of piperazine rings is 1. The minimum atomic E-state index is -0.820. The Bertz CT molecular complexity index is 678. The zero-order valence-corrected chi connectivity index (χ0v) is 16.2. The summed E-state index contributed by atoms with van der Waals surface area (Å²) in [6.07, 6.45) is 4.39. The molecule has 1 heterocycles. The summed E-state index contributed by atoms with van der Waals surface area (Å²) in [4.78, 5) is 14.2. The van der Waals surface area contributed by atoms with E-state index in [2.05, 4.69) is 17.2 Å². The first-order valence-electron chi connectivity index (χ1n) is 10.00. The number of carbonyl (C=O) groups excluding carboxylic acids is 1. The maximum Gasteiger partial charge on any atom is 0.409 e. The van der Waals surface area contributed by atoms with Crippen LogP contribution in [0.25, 0.3) is 0 Å². The first-order chi connectivity index (χ1) is 13.1. The zero-order valence-electron chi connectivity index (χ0n) is 16.2. The molecule has 0 bridgehead atoms. The van der Waals surface area contributed by atoms with Crippen LogP contribution >= 0.6 is 0 Å². The molecule has 2 fully saturated rings. The molecule has 1 saturated carbocycles. The van der Waals surface area contributed by atoms with Crippen LogP contribution in [-0.2, 0) is 4.74 Å². The van der Waals surface area contributed by atoms with Gasteiger partial charge in [0, 0.05) is 37.7 Å². The fourth-order valence-corrected chi connectivity index (χ4v) is 4.11. The average molecular weight is 370 g/mol. The first-order valence-corrected chi connectivity index (χ1v) is 10.00. The second kappa shape index (κ2) is 9.25. The molecule has 27 heavy (non-hydrogen) atoms. The maximum absolute atomic E-state index is 12.4. The Morgan fingerprint density at radius 1 is 1.22 bits per heavy atom. The van der Waals surface area contributed by atoms with Crippen molar-refractivity contribution in [3.8, 4) is 11.8 Å². The van der Waals surface area contributed by atoms with Gasteiger partial charge in [-0.3, -0.25) is 0 Å². The Kier molecular flexibility index (Phi) is 6.76. The quantitative estimate of drug-likeness (QED) is 0.800. The van der Waals surface area contributed by atoms with E-state index in [-0.39, 0.29) is 18.6 Å². The molecule has 1 aromatic rings. The molecule has 1 amide bonds. The summed E-state index contributed by atoms with van der Waals surface area (Å²) in [5.74, 6) is 5.73. The van der Waals surface area contributed by atoms with Crippen molar-refractivity contribution >= 4 is 6.09 Å². The van der Waals surface area contributed by atoms with Crippen LogP contribution < -0.4 is 5.32 Å². The molecule has 1 aromatic carbocycles. The summed E-state index contributed by atoms with van der Waals surface area (Å²) in [6.45, 7) is 4.94. The first kappa shape index (κ1) is 19.7. The van der Waals surface area contributed by atoms with Crippen molar-refractivity contribution in [2.75, 3.05) is 32.8 Å². The average Bonchev–Trinajstić information content (AvgIpc) is 2.70. The molecule has 2 aliphatic rings. The number of rotatable bonds is 4. The van der Waals surface area contributed by atoms with E-state index in [0.29, 0.717) is 13.1 Å². The number of ether oxygens (including phenoxy) is 1. The van der Waals surface area contributed by atoms with Gasteiger partial charge in [-0.1, -0.05) is 37.3 Å². The second-order valence-corrected chi connectivity index (χ2v) is 7.53. The molecular formula is C22H30N2O3. The van der Waals surface area contributed by atoms with Crippen LogP contribution in [0.5, 0.6) is 0 Å². The van der Waals surface area contributed by atoms with E-state index < -0.39 is 5.60 Å². The predicted octanol–water partition coefficient (Wildman–Crippen LogP) is 2.88. The molecule has 1 aliphatic carbocycles. The Hall–Kier alpha value is -2.03. The lowest BCUT2D eigenvalue weighted by Crippen LogP contribution is -2.47. The number of nitrogens with one attached hydrogen (secondary N) is 1. The number of nitrogens with zero attached hydrogens (tertiary/aromatic N) is 1. The van der Waals surface area contributed by atoms with Crippen LogP contribution in [0.1, 0.15) is 56.1 Å². The summed E-state index contributed by atoms with van der Waals surface area (Å²) in [6, 6.07) is 7.97. The van der Waals surface area contributed by atoms with Crippen molar-refractivity contribution in [1.82, 2.24) is 10.2 Å². The fourth-order valence-electron chi connectivity index (χ4n) is 4.11. The van der Waals surface area contributed by atoms with Crippen LogP contribution in [0.2, 0.25) is 0 Å². The number of carbonyl (C=O) groups is 1. The summed E-state index contributed by atoms with van der Waals surface area (Å²) in [5.41, 5.74) is 1.14. The topological polar surface area (TPSA) is 61.8 Å². The van der Waals surface area contributed by atoms with Gasteiger partial charge in [0.1, 0.15) is 6.61 Å². The lowest BCUT2D eigenvalue weighted by molar-refractivity contribution is -0.0409. The molecule has 1 atom stereocenters. The van der Waals surface area contributed by atoms with Crippen molar-refractivity contribution < 1.29 is 14.6 Å². The second-order valence-electron chi connectivity index (χ2n) is 7.53. The van der Waals surface area contributed by atoms with Gasteiger partial charge >= 0.3 is 6.09 Å². The van der Waals surface area contributed by atoms with Gasteiger partial charge in [0.05, 0.1) is 5.60 Å². The van der Waals surface area contributed by atoms with Gasteiger partial charge in [-0.05, 0) is 37.5 Å². The SMILES string of the molecule is CC#Cc1ccc(C(COC(=O)N2CCNCC2)C2(O)CCCCC2)cc1. The minimum Gasteiger partial charge on any atom is -0.449 e. The van der Waals surface area contributed by atoms with Gasteiger partial charge in [0.2, 0.25) is 0 Å². The van der Waals surface area contributed by atoms with Crippen LogP contribution in [0.15, 0.2) is 24.3 Å². The molecule has 1 unspecified atom stereocenters. The number of hydrogen-bond donors (Lipinski definition) is 2. The standard InChI is InChI=1S/C22H30N2O3/c1-2-6-18-7-9-19(10-8-18)20(22(26)11-4-3-5-12-22)17-27-21(25)24-15-13-23-14-16-24/h7-10,20,23,26H,3-5,11-17H2,1H3. The van der Waals surface area contributed by atoms with Gasteiger partial charge in [0.15, 0.2) is 0 Å². The van der Waals surface area contributed by atoms with E-state index >= 15 is 0 Å². The van der Waals surface area contributed by atoms with E-state index in [0.717, 1.165) is 56.3 Å². The molecule has 5 heteroatoms. The van der Waals surface area contributed by atoms with E-state index in [1.165, 1.54) is 0 Å². The third-order valence-electron chi connectivity index (χ3n) is 5.70. The highest BCUT2D eigenvalue weighted by atomic mass is 16.6. The highest BCUT2D eigenvalue weighted by Gasteiger charge is 2.39. The summed E-state index contributed by atoms with van der Waals surface area (Å²) >= 11 is 0. The van der Waals surface area contributed by atoms with Crippen molar-refractivity contribution in [3.63, 3.8) is 0 Å². The Morgan fingerprint density at radius 2 is 1.89 bits per heavy atom. The van der Waals surface area contributed by atoms with E-state index in [1.807, 2.05) is 31.2 Å². The number of benzene rings is 1. The molecule has 0 aromatic heterocycles. The van der Waals surface area contributed by atoms with Gasteiger partial charge in [-0.2, -0.15) is 0 Å². The Morgan fingerprint density at radius 3 is 2.52 bits per heavy atom. The molecular weight excluding hydrogens is 340 g/mol. The van der Waals surface area contributed by atoms with E-state index in [9.17, 15) is 9.90 Å². The van der Waals surface area contributed by atoms with Gasteiger partial charge in [-0.25, -0.2) is 4.79 Å². The monoisotopic (exact) mass is 370 g/mol. The molecule has 146 valence electrons. The molecule has 5 nitrogen and oxygen atoms in total. The molecule has 3 rings (SSSR count). The largest absolute Gasteiger partial charge is 0.449 e. The summed E-state index contributed by atoms with van der Waals surface area (Å²) < 4.78 is 5.67. The number of amides is 1. The number of hydrogen-bond acceptors (Lipinski definition) is 4. The summed E-state index contributed by atoms with van der Waals surface area (Å²) in [7, 11) is 0. The predicted molar refractivity (Wildman–Crippen MR) is 106 cm³/mol. The van der Waals surface area contributed by atoms with Crippen LogP contribution in [0, 0.1) is 11.8 Å². The van der Waals surface area contributed by atoms with Crippen molar-refractivity contribution in [3.05, 3.63) is 35.4 Å². The highest BCUT2D eigenvalue weighted by molar-refractivity contribution is 5.67. The molecule has 1 aliphatic heterocycles. The van der Waals surface area contributed by atoms with Crippen LogP contribution in [0.4, 0.5) is 4.79 Å². The van der Waals surface area contributed by atoms with E-state index in [4.69, 9.17) is 4.74 Å². The Balaban J connectivity index is 1.74. The van der Waals surface area contributed by atoms with Gasteiger partial charge in [0.25, 0.3) is 0 Å². The van der Waals surface area contributed by atoms with Gasteiger partial charge < -0.3 is 20.1 Å².